The molecule has 0 aromatic carbocycles. The van der Waals surface area contributed by atoms with Gasteiger partial charge in [0.1, 0.15) is 0 Å². The molecular weight excluding hydrogens is 280 g/mol. The summed E-state index contributed by atoms with van der Waals surface area (Å²) in [5, 5.41) is 0.636. The van der Waals surface area contributed by atoms with Gasteiger partial charge in [0.2, 0.25) is 0 Å². The van der Waals surface area contributed by atoms with Gasteiger partial charge in [-0.05, 0) is 45.7 Å². The van der Waals surface area contributed by atoms with Gasteiger partial charge < -0.3 is 0 Å². The zero-order chi connectivity index (χ0) is 14.5. The van der Waals surface area contributed by atoms with Crippen LogP contribution < -0.4 is 4.72 Å². The molecule has 0 aliphatic rings. The quantitative estimate of drug-likeness (QED) is 0.812. The number of aromatic nitrogens is 1. The average Bonchev–Trinajstić information content (AvgIpc) is 2.33. The molecule has 0 saturated carbocycles. The Bertz CT molecular complexity index is 457. The van der Waals surface area contributed by atoms with Crippen LogP contribution in [0.5, 0.6) is 0 Å². The Balaban J connectivity index is 2.89. The molecule has 5 heteroatoms. The van der Waals surface area contributed by atoms with Crippen molar-refractivity contribution in [3.05, 3.63) is 41.7 Å². The monoisotopic (exact) mass is 300 g/mol. The van der Waals surface area contributed by atoms with E-state index >= 15 is 0 Å². The van der Waals surface area contributed by atoms with E-state index in [2.05, 4.69) is 16.3 Å². The molecular formula is C14H21ClN2OS. The Hall–Kier alpha value is -0.710. The number of allylic oxidation sites excluding steroid dienone is 1. The summed E-state index contributed by atoms with van der Waals surface area (Å²) in [6.45, 7) is 9.53. The first-order chi connectivity index (χ1) is 8.84. The maximum atomic E-state index is 12.2. The second-order valence-corrected chi connectivity index (χ2v) is 7.75. The predicted molar refractivity (Wildman–Crippen MR) is 82.5 cm³/mol. The van der Waals surface area contributed by atoms with E-state index in [0.29, 0.717) is 5.02 Å². The number of rotatable bonds is 6. The van der Waals surface area contributed by atoms with Gasteiger partial charge in [0.25, 0.3) is 0 Å². The van der Waals surface area contributed by atoms with E-state index in [-0.39, 0.29) is 10.8 Å². The minimum atomic E-state index is -1.15. The Morgan fingerprint density at radius 3 is 2.79 bits per heavy atom. The zero-order valence-electron chi connectivity index (χ0n) is 11.6. The van der Waals surface area contributed by atoms with Crippen molar-refractivity contribution in [2.24, 2.45) is 0 Å². The van der Waals surface area contributed by atoms with Crippen molar-refractivity contribution < 1.29 is 4.21 Å². The molecule has 0 radical (unpaired) electrons. The topological polar surface area (TPSA) is 42.0 Å². The van der Waals surface area contributed by atoms with Crippen molar-refractivity contribution in [3.63, 3.8) is 0 Å². The van der Waals surface area contributed by atoms with Crippen molar-refractivity contribution in [2.45, 2.75) is 44.4 Å². The number of hydrogen-bond donors (Lipinski definition) is 1. The summed E-state index contributed by atoms with van der Waals surface area (Å²) in [6, 6.07) is 3.45. The van der Waals surface area contributed by atoms with E-state index < -0.39 is 11.0 Å². The molecule has 1 aromatic heterocycles. The van der Waals surface area contributed by atoms with Gasteiger partial charge in [0.05, 0.1) is 27.5 Å². The first kappa shape index (κ1) is 16.3. The van der Waals surface area contributed by atoms with Crippen LogP contribution in [-0.4, -0.2) is 13.9 Å². The van der Waals surface area contributed by atoms with Crippen molar-refractivity contribution >= 4 is 22.6 Å². The van der Waals surface area contributed by atoms with E-state index in [1.54, 1.807) is 12.3 Å². The minimum Gasteiger partial charge on any atom is -0.259 e. The van der Waals surface area contributed by atoms with Gasteiger partial charge in [0, 0.05) is 11.2 Å². The highest BCUT2D eigenvalue weighted by Gasteiger charge is 2.24. The Kier molecular flexibility index (Phi) is 6.17. The van der Waals surface area contributed by atoms with Crippen LogP contribution in [0.4, 0.5) is 0 Å². The number of pyridine rings is 1. The smallest absolute Gasteiger partial charge is 0.0976 e. The second-order valence-electron chi connectivity index (χ2n) is 5.32. The van der Waals surface area contributed by atoms with Crippen LogP contribution in [0.25, 0.3) is 0 Å². The van der Waals surface area contributed by atoms with Crippen molar-refractivity contribution in [2.75, 3.05) is 0 Å². The van der Waals surface area contributed by atoms with Crippen LogP contribution in [0.2, 0.25) is 5.02 Å². The van der Waals surface area contributed by atoms with E-state index in [0.717, 1.165) is 18.5 Å². The second kappa shape index (κ2) is 7.17. The lowest BCUT2D eigenvalue weighted by molar-refractivity contribution is 0.565. The predicted octanol–water partition coefficient (Wildman–Crippen LogP) is 3.79. The first-order valence-corrected chi connectivity index (χ1v) is 7.77. The molecule has 0 aliphatic heterocycles. The largest absolute Gasteiger partial charge is 0.259 e. The Labute approximate surface area is 123 Å². The third-order valence-electron chi connectivity index (χ3n) is 2.57. The van der Waals surface area contributed by atoms with E-state index in [1.165, 1.54) is 0 Å². The lowest BCUT2D eigenvalue weighted by atomic mass is 10.1. The molecule has 1 N–H and O–H groups in total. The standard InChI is InChI=1S/C14H21ClN2OS/c1-5-6-7-12(17-19(18)14(2,3)4)13-10-11(15)8-9-16-13/h5,8-10,12,17H,1,6-7H2,2-4H3/t12-,19?/m0/s1. The van der Waals surface area contributed by atoms with Gasteiger partial charge in [-0.15, -0.1) is 6.58 Å². The molecule has 106 valence electrons. The number of hydrogen-bond acceptors (Lipinski definition) is 2. The molecule has 3 nitrogen and oxygen atoms in total. The molecule has 2 atom stereocenters. The van der Waals surface area contributed by atoms with Crippen LogP contribution in [0.15, 0.2) is 31.0 Å². The molecule has 1 aromatic rings. The summed E-state index contributed by atoms with van der Waals surface area (Å²) < 4.78 is 15.0. The van der Waals surface area contributed by atoms with Crippen molar-refractivity contribution in [1.82, 2.24) is 9.71 Å². The van der Waals surface area contributed by atoms with Gasteiger partial charge in [-0.2, -0.15) is 0 Å². The summed E-state index contributed by atoms with van der Waals surface area (Å²) in [4.78, 5) is 4.31. The van der Waals surface area contributed by atoms with E-state index in [4.69, 9.17) is 11.6 Å². The molecule has 0 spiro atoms. The molecule has 1 heterocycles. The van der Waals surface area contributed by atoms with Gasteiger partial charge in [-0.25, -0.2) is 8.93 Å². The SMILES string of the molecule is C=CCC[C@H](NS(=O)C(C)(C)C)c1cc(Cl)ccn1. The fourth-order valence-corrected chi connectivity index (χ4v) is 2.49. The molecule has 0 fully saturated rings. The molecule has 0 amide bonds. The molecule has 0 bridgehead atoms. The number of nitrogens with one attached hydrogen (secondary N) is 1. The van der Waals surface area contributed by atoms with Crippen LogP contribution >= 0.6 is 11.6 Å². The molecule has 1 unspecified atom stereocenters. The lowest BCUT2D eigenvalue weighted by Crippen LogP contribution is -2.36. The van der Waals surface area contributed by atoms with Crippen LogP contribution in [0.3, 0.4) is 0 Å². The van der Waals surface area contributed by atoms with Crippen LogP contribution in [0.1, 0.15) is 45.3 Å². The fraction of sp³-hybridized carbons (Fsp3) is 0.500. The zero-order valence-corrected chi connectivity index (χ0v) is 13.2. The molecule has 19 heavy (non-hydrogen) atoms. The Morgan fingerprint density at radius 2 is 2.26 bits per heavy atom. The maximum Gasteiger partial charge on any atom is 0.0976 e. The van der Waals surface area contributed by atoms with Gasteiger partial charge >= 0.3 is 0 Å². The fourth-order valence-electron chi connectivity index (χ4n) is 1.47. The molecule has 0 saturated heterocycles. The summed E-state index contributed by atoms with van der Waals surface area (Å²) in [7, 11) is -1.15. The Morgan fingerprint density at radius 1 is 1.58 bits per heavy atom. The highest BCUT2D eigenvalue weighted by atomic mass is 35.5. The van der Waals surface area contributed by atoms with Crippen molar-refractivity contribution in [1.29, 1.82) is 0 Å². The summed E-state index contributed by atoms with van der Waals surface area (Å²) in [5.74, 6) is 0. The summed E-state index contributed by atoms with van der Waals surface area (Å²) in [5.41, 5.74) is 0.812. The van der Waals surface area contributed by atoms with Gasteiger partial charge in [0.15, 0.2) is 0 Å². The third kappa shape index (κ3) is 5.43. The average molecular weight is 301 g/mol. The molecule has 1 rings (SSSR count). The van der Waals surface area contributed by atoms with Crippen molar-refractivity contribution in [3.8, 4) is 0 Å². The van der Waals surface area contributed by atoms with Crippen LogP contribution in [0, 0.1) is 0 Å². The summed E-state index contributed by atoms with van der Waals surface area (Å²) in [6.07, 6.45) is 5.13. The first-order valence-electron chi connectivity index (χ1n) is 6.25. The van der Waals surface area contributed by atoms with E-state index in [9.17, 15) is 4.21 Å². The maximum absolute atomic E-state index is 12.2. The van der Waals surface area contributed by atoms with Gasteiger partial charge in [-0.3, -0.25) is 4.98 Å². The van der Waals surface area contributed by atoms with Gasteiger partial charge in [-0.1, -0.05) is 17.7 Å². The highest BCUT2D eigenvalue weighted by molar-refractivity contribution is 7.84. The third-order valence-corrected chi connectivity index (χ3v) is 4.41. The van der Waals surface area contributed by atoms with E-state index in [1.807, 2.05) is 32.9 Å². The normalized spacial score (nSPS) is 14.9. The molecule has 0 aliphatic carbocycles. The minimum absolute atomic E-state index is 0.0863. The summed E-state index contributed by atoms with van der Waals surface area (Å²) >= 11 is 5.99. The lowest BCUT2D eigenvalue weighted by Gasteiger charge is -2.23. The number of halogens is 1. The number of nitrogens with zero attached hydrogens (tertiary/aromatic N) is 1. The van der Waals surface area contributed by atoms with Crippen LogP contribution in [-0.2, 0) is 11.0 Å². The highest BCUT2D eigenvalue weighted by Crippen LogP contribution is 2.22.